The fraction of sp³-hybridized carbons (Fsp3) is 0.0625. The van der Waals surface area contributed by atoms with Crippen molar-refractivity contribution in [3.8, 4) is 5.75 Å². The van der Waals surface area contributed by atoms with Gasteiger partial charge in [0, 0.05) is 5.56 Å². The van der Waals surface area contributed by atoms with E-state index in [0.717, 1.165) is 11.3 Å². The molecule has 2 aromatic carbocycles. The highest BCUT2D eigenvalue weighted by Gasteiger charge is 2.08. The first-order chi connectivity index (χ1) is 9.20. The molecule has 0 spiro atoms. The van der Waals surface area contributed by atoms with Gasteiger partial charge in [-0.05, 0) is 39.7 Å². The molecule has 0 N–H and O–H groups in total. The quantitative estimate of drug-likeness (QED) is 0.620. The van der Waals surface area contributed by atoms with Crippen molar-refractivity contribution in [3.63, 3.8) is 0 Å². The van der Waals surface area contributed by atoms with Crippen LogP contribution < -0.4 is 4.74 Å². The highest BCUT2D eigenvalue weighted by Crippen LogP contribution is 2.19. The maximum atomic E-state index is 12.1. The molecule has 3 heteroatoms. The molecule has 0 aliphatic carbocycles. The molecule has 0 aliphatic rings. The van der Waals surface area contributed by atoms with Crippen LogP contribution in [0.2, 0.25) is 0 Å². The summed E-state index contributed by atoms with van der Waals surface area (Å²) in [5, 5.41) is 0. The molecule has 19 heavy (non-hydrogen) atoms. The fourth-order valence-electron chi connectivity index (χ4n) is 1.64. The topological polar surface area (TPSA) is 26.3 Å². The molecule has 0 fully saturated rings. The van der Waals surface area contributed by atoms with Crippen molar-refractivity contribution in [2.45, 2.75) is 0 Å². The second-order valence-corrected chi connectivity index (χ2v) is 4.81. The van der Waals surface area contributed by atoms with Crippen LogP contribution in [0, 0.1) is 0 Å². The van der Waals surface area contributed by atoms with Crippen LogP contribution in [0.3, 0.4) is 0 Å². The van der Waals surface area contributed by atoms with Crippen LogP contribution in [0.1, 0.15) is 15.9 Å². The first kappa shape index (κ1) is 13.6. The minimum atomic E-state index is -0.0311. The van der Waals surface area contributed by atoms with Crippen LogP contribution in [0.5, 0.6) is 5.75 Å². The van der Waals surface area contributed by atoms with Crippen LogP contribution in [0.25, 0.3) is 6.08 Å². The SMILES string of the molecule is COc1ccc(/C=C(\Br)C(=O)c2ccccc2)cc1. The van der Waals surface area contributed by atoms with Crippen molar-refractivity contribution in [2.75, 3.05) is 7.11 Å². The van der Waals surface area contributed by atoms with Gasteiger partial charge in [-0.25, -0.2) is 0 Å². The molecule has 0 saturated heterocycles. The predicted molar refractivity (Wildman–Crippen MR) is 80.7 cm³/mol. The minimum Gasteiger partial charge on any atom is -0.497 e. The van der Waals surface area contributed by atoms with Crippen LogP contribution in [0.4, 0.5) is 0 Å². The van der Waals surface area contributed by atoms with E-state index in [2.05, 4.69) is 15.9 Å². The number of benzene rings is 2. The number of halogens is 1. The molecule has 0 radical (unpaired) electrons. The van der Waals surface area contributed by atoms with Gasteiger partial charge in [0.05, 0.1) is 11.6 Å². The van der Waals surface area contributed by atoms with Crippen molar-refractivity contribution in [1.82, 2.24) is 0 Å². The second-order valence-electron chi connectivity index (χ2n) is 3.96. The summed E-state index contributed by atoms with van der Waals surface area (Å²) < 4.78 is 5.62. The van der Waals surface area contributed by atoms with E-state index in [-0.39, 0.29) is 5.78 Å². The summed E-state index contributed by atoms with van der Waals surface area (Å²) in [7, 11) is 1.62. The Bertz CT molecular complexity index is 586. The van der Waals surface area contributed by atoms with Crippen LogP contribution in [-0.2, 0) is 0 Å². The Morgan fingerprint density at radius 1 is 1.05 bits per heavy atom. The lowest BCUT2D eigenvalue weighted by Crippen LogP contribution is -1.97. The van der Waals surface area contributed by atoms with Gasteiger partial charge in [0.1, 0.15) is 5.75 Å². The summed E-state index contributed by atoms with van der Waals surface area (Å²) in [5.41, 5.74) is 1.61. The molecule has 0 bridgehead atoms. The first-order valence-corrected chi connectivity index (χ1v) is 6.61. The predicted octanol–water partition coefficient (Wildman–Crippen LogP) is 4.31. The van der Waals surface area contributed by atoms with Crippen molar-refractivity contribution >= 4 is 27.8 Å². The minimum absolute atomic E-state index is 0.0311. The fourth-order valence-corrected chi connectivity index (χ4v) is 2.13. The lowest BCUT2D eigenvalue weighted by Gasteiger charge is -2.01. The lowest BCUT2D eigenvalue weighted by molar-refractivity contribution is 0.104. The van der Waals surface area contributed by atoms with E-state index in [4.69, 9.17) is 4.74 Å². The number of ether oxygens (including phenoxy) is 1. The Balaban J connectivity index is 2.20. The normalized spacial score (nSPS) is 11.2. The molecule has 0 aliphatic heterocycles. The van der Waals surface area contributed by atoms with Crippen LogP contribution >= 0.6 is 15.9 Å². The Kier molecular flexibility index (Phi) is 4.53. The van der Waals surface area contributed by atoms with Crippen molar-refractivity contribution in [1.29, 1.82) is 0 Å². The zero-order chi connectivity index (χ0) is 13.7. The smallest absolute Gasteiger partial charge is 0.199 e. The largest absolute Gasteiger partial charge is 0.497 e. The molecule has 0 heterocycles. The standard InChI is InChI=1S/C16H13BrO2/c1-19-14-9-7-12(8-10-14)11-15(17)16(18)13-5-3-2-4-6-13/h2-11H,1H3/b15-11-. The number of carbonyl (C=O) groups excluding carboxylic acids is 1. The maximum absolute atomic E-state index is 12.1. The third kappa shape index (κ3) is 3.55. The van der Waals surface area contributed by atoms with Gasteiger partial charge in [0.15, 0.2) is 5.78 Å². The summed E-state index contributed by atoms with van der Waals surface area (Å²) in [6, 6.07) is 16.7. The molecular formula is C16H13BrO2. The maximum Gasteiger partial charge on any atom is 0.199 e. The highest BCUT2D eigenvalue weighted by atomic mass is 79.9. The van der Waals surface area contributed by atoms with E-state index in [1.54, 1.807) is 25.3 Å². The molecule has 0 unspecified atom stereocenters. The summed E-state index contributed by atoms with van der Waals surface area (Å²) in [4.78, 5) is 12.1. The van der Waals surface area contributed by atoms with E-state index in [9.17, 15) is 4.79 Å². The van der Waals surface area contributed by atoms with Gasteiger partial charge in [-0.1, -0.05) is 42.5 Å². The Labute approximate surface area is 120 Å². The first-order valence-electron chi connectivity index (χ1n) is 5.81. The highest BCUT2D eigenvalue weighted by molar-refractivity contribution is 9.12. The average molecular weight is 317 g/mol. The van der Waals surface area contributed by atoms with Gasteiger partial charge >= 0.3 is 0 Å². The van der Waals surface area contributed by atoms with E-state index in [1.807, 2.05) is 42.5 Å². The van der Waals surface area contributed by atoms with Gasteiger partial charge in [-0.2, -0.15) is 0 Å². The van der Waals surface area contributed by atoms with Crippen molar-refractivity contribution in [3.05, 3.63) is 70.2 Å². The molecule has 0 atom stereocenters. The van der Waals surface area contributed by atoms with E-state index in [1.165, 1.54) is 0 Å². The van der Waals surface area contributed by atoms with Gasteiger partial charge in [-0.15, -0.1) is 0 Å². The Morgan fingerprint density at radius 2 is 1.68 bits per heavy atom. The molecule has 2 nitrogen and oxygen atoms in total. The zero-order valence-electron chi connectivity index (χ0n) is 10.5. The third-order valence-corrected chi connectivity index (χ3v) is 3.25. The molecule has 96 valence electrons. The van der Waals surface area contributed by atoms with Crippen LogP contribution in [-0.4, -0.2) is 12.9 Å². The average Bonchev–Trinajstić information content (AvgIpc) is 2.48. The van der Waals surface area contributed by atoms with Gasteiger partial charge in [0.25, 0.3) is 0 Å². The summed E-state index contributed by atoms with van der Waals surface area (Å²) >= 11 is 3.33. The lowest BCUT2D eigenvalue weighted by atomic mass is 10.1. The Morgan fingerprint density at radius 3 is 2.26 bits per heavy atom. The number of ketones is 1. The van der Waals surface area contributed by atoms with E-state index < -0.39 is 0 Å². The van der Waals surface area contributed by atoms with Gasteiger partial charge in [0.2, 0.25) is 0 Å². The molecule has 0 saturated carbocycles. The number of carbonyl (C=O) groups is 1. The number of hydrogen-bond donors (Lipinski definition) is 0. The van der Waals surface area contributed by atoms with E-state index in [0.29, 0.717) is 10.0 Å². The zero-order valence-corrected chi connectivity index (χ0v) is 12.1. The number of rotatable bonds is 4. The molecule has 2 rings (SSSR count). The molecule has 0 amide bonds. The third-order valence-electron chi connectivity index (χ3n) is 2.66. The Hall–Kier alpha value is -1.87. The number of Topliss-reactive ketones (excluding diaryl/α,β-unsaturated/α-hetero) is 1. The van der Waals surface area contributed by atoms with Crippen molar-refractivity contribution < 1.29 is 9.53 Å². The molecular weight excluding hydrogens is 304 g/mol. The summed E-state index contributed by atoms with van der Waals surface area (Å²) in [6.45, 7) is 0. The second kappa shape index (κ2) is 6.34. The number of allylic oxidation sites excluding steroid dienone is 1. The van der Waals surface area contributed by atoms with Crippen molar-refractivity contribution in [2.24, 2.45) is 0 Å². The van der Waals surface area contributed by atoms with Crippen LogP contribution in [0.15, 0.2) is 59.1 Å². The molecule has 0 aromatic heterocycles. The van der Waals surface area contributed by atoms with Gasteiger partial charge < -0.3 is 4.74 Å². The van der Waals surface area contributed by atoms with E-state index >= 15 is 0 Å². The summed E-state index contributed by atoms with van der Waals surface area (Å²) in [6.07, 6.45) is 1.80. The number of methoxy groups -OCH3 is 1. The van der Waals surface area contributed by atoms with Gasteiger partial charge in [-0.3, -0.25) is 4.79 Å². The summed E-state index contributed by atoms with van der Waals surface area (Å²) in [5.74, 6) is 0.763. The monoisotopic (exact) mass is 316 g/mol. The number of hydrogen-bond acceptors (Lipinski definition) is 2. The molecule has 2 aromatic rings.